The Morgan fingerprint density at radius 1 is 0.872 bits per heavy atom. The maximum absolute atomic E-state index is 13.6. The molecule has 0 aromatic heterocycles. The van der Waals surface area contributed by atoms with Gasteiger partial charge in [0, 0.05) is 29.3 Å². The van der Waals surface area contributed by atoms with Gasteiger partial charge >= 0.3 is 5.97 Å². The standard InChI is InChI=1S/C33H33NO5/c1-22-29(32(36)38-18-17-37-24-12-6-4-7-13-24)30(31-27(34-22)20-33(2,3)21-28(31)35)23-11-10-16-26(19-23)39-25-14-8-5-9-15-25/h4-16,19,29-30H,17-18,20-21H2,1-3H3/t29?,30-/m1/s1. The zero-order valence-corrected chi connectivity index (χ0v) is 22.6. The molecular weight excluding hydrogens is 490 g/mol. The molecule has 0 fully saturated rings. The molecule has 0 radical (unpaired) electrons. The first-order valence-corrected chi connectivity index (χ1v) is 13.3. The maximum atomic E-state index is 13.6. The summed E-state index contributed by atoms with van der Waals surface area (Å²) in [5.74, 6) is 0.426. The molecule has 1 heterocycles. The van der Waals surface area contributed by atoms with E-state index in [-0.39, 0.29) is 24.4 Å². The predicted molar refractivity (Wildman–Crippen MR) is 150 cm³/mol. The van der Waals surface area contributed by atoms with Crippen molar-refractivity contribution < 1.29 is 23.8 Å². The fourth-order valence-corrected chi connectivity index (χ4v) is 5.41. The van der Waals surface area contributed by atoms with Gasteiger partial charge in [-0.2, -0.15) is 0 Å². The molecule has 1 aliphatic carbocycles. The Morgan fingerprint density at radius 3 is 2.26 bits per heavy atom. The quantitative estimate of drug-likeness (QED) is 0.237. The normalized spacial score (nSPS) is 20.1. The number of carbonyl (C=O) groups excluding carboxylic acids is 2. The van der Waals surface area contributed by atoms with E-state index in [9.17, 15) is 9.59 Å². The van der Waals surface area contributed by atoms with Crippen molar-refractivity contribution in [2.45, 2.75) is 39.5 Å². The third kappa shape index (κ3) is 6.11. The van der Waals surface area contributed by atoms with Crippen LogP contribution in [-0.4, -0.2) is 30.7 Å². The number of Topliss-reactive ketones (excluding diaryl/α,β-unsaturated/α-hetero) is 1. The van der Waals surface area contributed by atoms with Crippen LogP contribution in [0.3, 0.4) is 0 Å². The van der Waals surface area contributed by atoms with Gasteiger partial charge in [0.2, 0.25) is 0 Å². The Labute approximate surface area is 229 Å². The zero-order valence-electron chi connectivity index (χ0n) is 22.6. The number of para-hydroxylation sites is 2. The number of hydrogen-bond donors (Lipinski definition) is 0. The molecule has 3 aromatic carbocycles. The molecule has 6 heteroatoms. The molecule has 39 heavy (non-hydrogen) atoms. The minimum absolute atomic E-state index is 0.0297. The van der Waals surface area contributed by atoms with E-state index < -0.39 is 17.8 Å². The van der Waals surface area contributed by atoms with Crippen molar-refractivity contribution in [1.29, 1.82) is 0 Å². The van der Waals surface area contributed by atoms with Gasteiger partial charge in [0.05, 0.1) is 0 Å². The lowest BCUT2D eigenvalue weighted by Crippen LogP contribution is -2.39. The summed E-state index contributed by atoms with van der Waals surface area (Å²) in [7, 11) is 0. The largest absolute Gasteiger partial charge is 0.490 e. The van der Waals surface area contributed by atoms with E-state index in [4.69, 9.17) is 19.2 Å². The number of aliphatic imine (C=N–C) groups is 1. The van der Waals surface area contributed by atoms with Gasteiger partial charge in [-0.25, -0.2) is 0 Å². The van der Waals surface area contributed by atoms with Gasteiger partial charge in [-0.1, -0.05) is 62.4 Å². The lowest BCUT2D eigenvalue weighted by molar-refractivity contribution is -0.147. The molecule has 0 saturated carbocycles. The first kappa shape index (κ1) is 26.4. The first-order valence-electron chi connectivity index (χ1n) is 13.3. The molecule has 0 N–H and O–H groups in total. The van der Waals surface area contributed by atoms with Crippen LogP contribution in [-0.2, 0) is 14.3 Å². The Hall–Kier alpha value is -4.19. The van der Waals surface area contributed by atoms with Crippen LogP contribution in [0, 0.1) is 11.3 Å². The van der Waals surface area contributed by atoms with E-state index in [1.54, 1.807) is 0 Å². The van der Waals surface area contributed by atoms with E-state index in [1.807, 2.05) is 91.9 Å². The summed E-state index contributed by atoms with van der Waals surface area (Å²) in [5, 5.41) is 0. The maximum Gasteiger partial charge on any atom is 0.315 e. The predicted octanol–water partition coefficient (Wildman–Crippen LogP) is 6.92. The number of esters is 1. The molecule has 1 aliphatic heterocycles. The Balaban J connectivity index is 1.43. The molecule has 6 nitrogen and oxygen atoms in total. The summed E-state index contributed by atoms with van der Waals surface area (Å²) in [4.78, 5) is 31.9. The number of hydrogen-bond acceptors (Lipinski definition) is 6. The second-order valence-corrected chi connectivity index (χ2v) is 10.8. The molecule has 3 aromatic rings. The lowest BCUT2D eigenvalue weighted by Gasteiger charge is -2.39. The number of benzene rings is 3. The minimum Gasteiger partial charge on any atom is -0.490 e. The molecule has 5 rings (SSSR count). The van der Waals surface area contributed by atoms with Gasteiger partial charge in [-0.15, -0.1) is 0 Å². The van der Waals surface area contributed by atoms with Crippen LogP contribution >= 0.6 is 0 Å². The number of carbonyl (C=O) groups is 2. The molecule has 2 aliphatic rings. The summed E-state index contributed by atoms with van der Waals surface area (Å²) < 4.78 is 17.5. The number of allylic oxidation sites excluding steroid dienone is 2. The van der Waals surface area contributed by atoms with Crippen LogP contribution in [0.1, 0.15) is 45.1 Å². The fourth-order valence-electron chi connectivity index (χ4n) is 5.41. The molecule has 2 atom stereocenters. The van der Waals surface area contributed by atoms with Gasteiger partial charge in [0.25, 0.3) is 0 Å². The van der Waals surface area contributed by atoms with Crippen molar-refractivity contribution in [1.82, 2.24) is 0 Å². The molecule has 0 bridgehead atoms. The number of rotatable bonds is 8. The van der Waals surface area contributed by atoms with Gasteiger partial charge in [0.1, 0.15) is 36.4 Å². The van der Waals surface area contributed by atoms with E-state index in [0.717, 1.165) is 11.3 Å². The third-order valence-electron chi connectivity index (χ3n) is 7.09. The smallest absolute Gasteiger partial charge is 0.315 e. The molecule has 0 amide bonds. The summed E-state index contributed by atoms with van der Waals surface area (Å²) in [6.45, 7) is 6.32. The van der Waals surface area contributed by atoms with Crippen LogP contribution in [0.2, 0.25) is 0 Å². The molecular formula is C33H33NO5. The summed E-state index contributed by atoms with van der Waals surface area (Å²) >= 11 is 0. The molecule has 0 spiro atoms. The van der Waals surface area contributed by atoms with Gasteiger partial charge < -0.3 is 14.2 Å². The molecule has 1 unspecified atom stereocenters. The zero-order chi connectivity index (χ0) is 27.4. The van der Waals surface area contributed by atoms with Crippen LogP contribution < -0.4 is 9.47 Å². The van der Waals surface area contributed by atoms with E-state index in [1.165, 1.54) is 0 Å². The fraction of sp³-hybridized carbons (Fsp3) is 0.303. The minimum atomic E-state index is -0.724. The highest BCUT2D eigenvalue weighted by Gasteiger charge is 2.46. The van der Waals surface area contributed by atoms with Crippen molar-refractivity contribution in [3.05, 3.63) is 102 Å². The SMILES string of the molecule is CC1=NC2=C(C(=O)CC(C)(C)C2)[C@H](c2cccc(Oc3ccccc3)c2)C1C(=O)OCCOc1ccccc1. The van der Waals surface area contributed by atoms with E-state index >= 15 is 0 Å². The van der Waals surface area contributed by atoms with Crippen molar-refractivity contribution in [3.8, 4) is 17.2 Å². The van der Waals surface area contributed by atoms with Crippen molar-refractivity contribution >= 4 is 17.5 Å². The summed E-state index contributed by atoms with van der Waals surface area (Å²) in [5.41, 5.74) is 2.65. The van der Waals surface area contributed by atoms with Crippen LogP contribution in [0.5, 0.6) is 17.2 Å². The van der Waals surface area contributed by atoms with E-state index in [0.29, 0.717) is 41.4 Å². The van der Waals surface area contributed by atoms with Gasteiger partial charge in [0.15, 0.2) is 5.78 Å². The van der Waals surface area contributed by atoms with Gasteiger partial charge in [-0.3, -0.25) is 14.6 Å². The Kier molecular flexibility index (Phi) is 7.64. The van der Waals surface area contributed by atoms with Crippen LogP contribution in [0.4, 0.5) is 0 Å². The molecule has 200 valence electrons. The average Bonchev–Trinajstić information content (AvgIpc) is 2.91. The molecule has 0 saturated heterocycles. The van der Waals surface area contributed by atoms with Crippen molar-refractivity contribution in [2.24, 2.45) is 16.3 Å². The Bertz CT molecular complexity index is 1410. The monoisotopic (exact) mass is 523 g/mol. The first-order chi connectivity index (χ1) is 18.8. The topological polar surface area (TPSA) is 74.2 Å². The van der Waals surface area contributed by atoms with Gasteiger partial charge in [-0.05, 0) is 60.7 Å². The second-order valence-electron chi connectivity index (χ2n) is 10.8. The average molecular weight is 524 g/mol. The highest BCUT2D eigenvalue weighted by molar-refractivity contribution is 6.09. The van der Waals surface area contributed by atoms with Crippen LogP contribution in [0.25, 0.3) is 0 Å². The number of ketones is 1. The number of ether oxygens (including phenoxy) is 3. The highest BCUT2D eigenvalue weighted by atomic mass is 16.6. The van der Waals surface area contributed by atoms with E-state index in [2.05, 4.69) is 13.8 Å². The highest BCUT2D eigenvalue weighted by Crippen LogP contribution is 2.48. The van der Waals surface area contributed by atoms with Crippen molar-refractivity contribution in [2.75, 3.05) is 13.2 Å². The summed E-state index contributed by atoms with van der Waals surface area (Å²) in [6.07, 6.45) is 1.08. The number of nitrogens with zero attached hydrogens (tertiary/aromatic N) is 1. The second kappa shape index (κ2) is 11.3. The summed E-state index contributed by atoms with van der Waals surface area (Å²) in [6, 6.07) is 26.5. The lowest BCUT2D eigenvalue weighted by atomic mass is 9.67. The van der Waals surface area contributed by atoms with Crippen LogP contribution in [0.15, 0.2) is 101 Å². The Morgan fingerprint density at radius 2 is 1.54 bits per heavy atom. The van der Waals surface area contributed by atoms with Crippen molar-refractivity contribution in [3.63, 3.8) is 0 Å². The third-order valence-corrected chi connectivity index (χ3v) is 7.09.